The lowest BCUT2D eigenvalue weighted by atomic mass is 9.96. The summed E-state index contributed by atoms with van der Waals surface area (Å²) in [7, 11) is 0. The number of rotatable bonds is 4. The molecule has 28 heavy (non-hydrogen) atoms. The number of hydrogen-bond donors (Lipinski definition) is 2. The second-order valence-electron chi connectivity index (χ2n) is 6.81. The van der Waals surface area contributed by atoms with Crippen LogP contribution in [-0.4, -0.2) is 49.6 Å². The zero-order valence-electron chi connectivity index (χ0n) is 16.5. The lowest BCUT2D eigenvalue weighted by molar-refractivity contribution is -0.0669. The van der Waals surface area contributed by atoms with Crippen molar-refractivity contribution < 1.29 is 9.90 Å². The third-order valence-electron chi connectivity index (χ3n) is 4.33. The van der Waals surface area contributed by atoms with Crippen LogP contribution in [0.4, 0.5) is 5.95 Å². The smallest absolute Gasteiger partial charge is 0.274 e. The third kappa shape index (κ3) is 4.13. The molecule has 1 aliphatic heterocycles. The molecule has 0 saturated carbocycles. The van der Waals surface area contributed by atoms with E-state index in [1.165, 1.54) is 11.3 Å². The Balaban J connectivity index is 0.00000109. The number of β-amino-alcohol motifs (C(OH)–C–C–N with tert-alkyl or cyclic N) is 1. The van der Waals surface area contributed by atoms with Crippen LogP contribution < -0.4 is 5.32 Å². The molecular weight excluding hydrogens is 374 g/mol. The summed E-state index contributed by atoms with van der Waals surface area (Å²) in [4.78, 5) is 27.8. The van der Waals surface area contributed by atoms with E-state index in [9.17, 15) is 9.90 Å². The fourth-order valence-corrected chi connectivity index (χ4v) is 3.85. The maximum absolute atomic E-state index is 12.8. The number of carbonyl (C=O) groups excluding carboxylic acids is 1. The Morgan fingerprint density at radius 3 is 2.68 bits per heavy atom. The molecule has 4 rings (SSSR count). The summed E-state index contributed by atoms with van der Waals surface area (Å²) in [5, 5.41) is 15.0. The molecular formula is C20H25N5O2S. The molecule has 3 aromatic heterocycles. The Kier molecular flexibility index (Phi) is 5.90. The van der Waals surface area contributed by atoms with Gasteiger partial charge in [0.05, 0.1) is 40.6 Å². The number of pyridine rings is 1. The van der Waals surface area contributed by atoms with Crippen molar-refractivity contribution in [2.45, 2.75) is 39.3 Å². The van der Waals surface area contributed by atoms with Gasteiger partial charge in [-0.05, 0) is 37.4 Å². The van der Waals surface area contributed by atoms with Crippen LogP contribution in [0, 0.1) is 0 Å². The number of likely N-dealkylation sites (tertiary alicyclic amines) is 1. The van der Waals surface area contributed by atoms with E-state index in [0.29, 0.717) is 24.7 Å². The van der Waals surface area contributed by atoms with Crippen molar-refractivity contribution >= 4 is 33.4 Å². The molecule has 1 amide bonds. The van der Waals surface area contributed by atoms with E-state index in [1.54, 1.807) is 18.0 Å². The molecule has 0 spiro atoms. The Labute approximate surface area is 168 Å². The van der Waals surface area contributed by atoms with Crippen LogP contribution in [0.2, 0.25) is 0 Å². The van der Waals surface area contributed by atoms with Crippen molar-refractivity contribution in [3.8, 4) is 0 Å². The second-order valence-corrected chi connectivity index (χ2v) is 7.73. The first kappa shape index (κ1) is 20.2. The maximum atomic E-state index is 12.8. The molecule has 0 bridgehead atoms. The average molecular weight is 400 g/mol. The highest BCUT2D eigenvalue weighted by atomic mass is 32.1. The highest BCUT2D eigenvalue weighted by Crippen LogP contribution is 2.28. The van der Waals surface area contributed by atoms with Gasteiger partial charge < -0.3 is 15.3 Å². The maximum Gasteiger partial charge on any atom is 0.274 e. The highest BCUT2D eigenvalue weighted by molar-refractivity contribution is 7.17. The van der Waals surface area contributed by atoms with Crippen LogP contribution in [0.1, 0.15) is 49.9 Å². The monoisotopic (exact) mass is 399 g/mol. The van der Waals surface area contributed by atoms with E-state index in [1.807, 2.05) is 50.4 Å². The lowest BCUT2D eigenvalue weighted by Gasteiger charge is -2.43. The highest BCUT2D eigenvalue weighted by Gasteiger charge is 2.40. The number of hydrogen-bond acceptors (Lipinski definition) is 7. The first-order chi connectivity index (χ1) is 13.4. The van der Waals surface area contributed by atoms with Crippen LogP contribution in [-0.2, 0) is 0 Å². The van der Waals surface area contributed by atoms with Crippen LogP contribution in [0.15, 0.2) is 35.8 Å². The van der Waals surface area contributed by atoms with E-state index in [2.05, 4.69) is 20.3 Å². The summed E-state index contributed by atoms with van der Waals surface area (Å²) in [6.45, 7) is 8.32. The number of anilines is 1. The van der Waals surface area contributed by atoms with Crippen LogP contribution >= 0.6 is 11.3 Å². The molecule has 2 N–H and O–H groups in total. The molecule has 1 saturated heterocycles. The van der Waals surface area contributed by atoms with Gasteiger partial charge in [-0.3, -0.25) is 9.78 Å². The van der Waals surface area contributed by atoms with Gasteiger partial charge >= 0.3 is 0 Å². The van der Waals surface area contributed by atoms with E-state index >= 15 is 0 Å². The SMILES string of the molecule is CC.C[C@H](Nc1nc(C(=O)N2CC(C)(O)C2)c2sccc2n1)c1ccccn1. The quantitative estimate of drug-likeness (QED) is 0.698. The minimum atomic E-state index is -0.814. The number of carbonyl (C=O) groups is 1. The molecule has 3 aromatic rings. The molecule has 1 fully saturated rings. The van der Waals surface area contributed by atoms with Gasteiger partial charge in [0.25, 0.3) is 5.91 Å². The first-order valence-corrected chi connectivity index (χ1v) is 10.3. The summed E-state index contributed by atoms with van der Waals surface area (Å²) < 4.78 is 0.762. The van der Waals surface area contributed by atoms with Gasteiger partial charge in [0.1, 0.15) is 0 Å². The van der Waals surface area contributed by atoms with Crippen molar-refractivity contribution in [3.05, 3.63) is 47.2 Å². The third-order valence-corrected chi connectivity index (χ3v) is 5.24. The largest absolute Gasteiger partial charge is 0.386 e. The molecule has 7 nitrogen and oxygen atoms in total. The number of amides is 1. The topological polar surface area (TPSA) is 91.2 Å². The van der Waals surface area contributed by atoms with Gasteiger partial charge in [0.15, 0.2) is 5.69 Å². The van der Waals surface area contributed by atoms with E-state index < -0.39 is 5.60 Å². The predicted molar refractivity (Wildman–Crippen MR) is 112 cm³/mol. The number of thiophene rings is 1. The van der Waals surface area contributed by atoms with Gasteiger partial charge in [0, 0.05) is 6.20 Å². The number of nitrogens with one attached hydrogen (secondary N) is 1. The summed E-state index contributed by atoms with van der Waals surface area (Å²) >= 11 is 1.44. The molecule has 1 atom stereocenters. The van der Waals surface area contributed by atoms with Gasteiger partial charge in [0.2, 0.25) is 5.95 Å². The van der Waals surface area contributed by atoms with Gasteiger partial charge in [-0.15, -0.1) is 11.3 Å². The molecule has 0 unspecified atom stereocenters. The van der Waals surface area contributed by atoms with Gasteiger partial charge in [-0.1, -0.05) is 19.9 Å². The van der Waals surface area contributed by atoms with Crippen molar-refractivity contribution in [1.29, 1.82) is 0 Å². The van der Waals surface area contributed by atoms with E-state index in [4.69, 9.17) is 0 Å². The standard InChI is InChI=1S/C18H19N5O2S.C2H6/c1-11(12-5-3-4-7-19-12)20-17-21-13-6-8-26-15(13)14(22-17)16(24)23-9-18(2,25)10-23;1-2/h3-8,11,25H,9-10H2,1-2H3,(H,20,21,22);1-2H3/t11-;/m0./s1. The number of nitrogens with zero attached hydrogens (tertiary/aromatic N) is 4. The summed E-state index contributed by atoms with van der Waals surface area (Å²) in [5.41, 5.74) is 1.16. The van der Waals surface area contributed by atoms with Crippen molar-refractivity contribution in [2.75, 3.05) is 18.4 Å². The first-order valence-electron chi connectivity index (χ1n) is 9.37. The predicted octanol–water partition coefficient (Wildman–Crippen LogP) is 3.49. The number of fused-ring (bicyclic) bond motifs is 1. The summed E-state index contributed by atoms with van der Waals surface area (Å²) in [6.07, 6.45) is 1.74. The van der Waals surface area contributed by atoms with Crippen molar-refractivity contribution in [2.24, 2.45) is 0 Å². The van der Waals surface area contributed by atoms with Crippen LogP contribution in [0.3, 0.4) is 0 Å². The molecule has 1 aliphatic rings. The second kappa shape index (κ2) is 8.20. The summed E-state index contributed by atoms with van der Waals surface area (Å²) in [6, 6.07) is 7.49. The zero-order valence-corrected chi connectivity index (χ0v) is 17.3. The number of aromatic nitrogens is 3. The zero-order chi connectivity index (χ0) is 20.3. The Morgan fingerprint density at radius 2 is 2.04 bits per heavy atom. The summed E-state index contributed by atoms with van der Waals surface area (Å²) in [5.74, 6) is 0.213. The van der Waals surface area contributed by atoms with E-state index in [0.717, 1.165) is 15.9 Å². The van der Waals surface area contributed by atoms with Crippen molar-refractivity contribution in [3.63, 3.8) is 0 Å². The molecule has 8 heteroatoms. The molecule has 0 aliphatic carbocycles. The molecule has 0 aromatic carbocycles. The van der Waals surface area contributed by atoms with Crippen molar-refractivity contribution in [1.82, 2.24) is 19.9 Å². The van der Waals surface area contributed by atoms with Gasteiger partial charge in [-0.2, -0.15) is 0 Å². The van der Waals surface area contributed by atoms with Gasteiger partial charge in [-0.25, -0.2) is 9.97 Å². The Bertz CT molecular complexity index is 950. The minimum absolute atomic E-state index is 0.0972. The normalized spacial score (nSPS) is 16.0. The molecule has 148 valence electrons. The van der Waals surface area contributed by atoms with Crippen LogP contribution in [0.5, 0.6) is 0 Å². The van der Waals surface area contributed by atoms with Crippen LogP contribution in [0.25, 0.3) is 10.2 Å². The Morgan fingerprint density at radius 1 is 1.29 bits per heavy atom. The fraction of sp³-hybridized carbons (Fsp3) is 0.400. The lowest BCUT2D eigenvalue weighted by Crippen LogP contribution is -2.61. The fourth-order valence-electron chi connectivity index (χ4n) is 3.04. The molecule has 0 radical (unpaired) electrons. The Hall–Kier alpha value is -2.58. The average Bonchev–Trinajstić information content (AvgIpc) is 3.15. The molecule has 4 heterocycles. The minimum Gasteiger partial charge on any atom is -0.386 e. The van der Waals surface area contributed by atoms with E-state index in [-0.39, 0.29) is 11.9 Å². The number of aliphatic hydroxyl groups is 1.